The minimum atomic E-state index is -0.00280. The minimum absolute atomic E-state index is 0.00280. The second-order valence-electron chi connectivity index (χ2n) is 3.25. The number of nitrogens with one attached hydrogen (secondary N) is 2. The van der Waals surface area contributed by atoms with Crippen LogP contribution in [0, 0.1) is 0 Å². The Kier molecular flexibility index (Phi) is 5.07. The molecule has 0 spiro atoms. The zero-order valence-corrected chi connectivity index (χ0v) is 9.64. The maximum atomic E-state index is 11.3. The molecule has 1 aromatic rings. The highest BCUT2D eigenvalue weighted by atomic mass is 32.1. The molecular formula is C11H16N2OS. The Hall–Kier alpha value is -1.13. The fourth-order valence-corrected chi connectivity index (χ4v) is 1.89. The normalized spacial score (nSPS) is 12.1. The third-order valence-corrected chi connectivity index (χ3v) is 2.76. The third kappa shape index (κ3) is 4.27. The molecule has 1 heterocycles. The van der Waals surface area contributed by atoms with E-state index >= 15 is 0 Å². The topological polar surface area (TPSA) is 41.1 Å². The van der Waals surface area contributed by atoms with Crippen molar-refractivity contribution in [2.75, 3.05) is 13.1 Å². The van der Waals surface area contributed by atoms with Gasteiger partial charge in [0.05, 0.1) is 6.54 Å². The molecule has 82 valence electrons. The van der Waals surface area contributed by atoms with Crippen LogP contribution in [0.2, 0.25) is 0 Å². The molecular weight excluding hydrogens is 208 g/mol. The summed E-state index contributed by atoms with van der Waals surface area (Å²) in [6, 6.07) is 2.27. The van der Waals surface area contributed by atoms with Gasteiger partial charge in [0.15, 0.2) is 0 Å². The van der Waals surface area contributed by atoms with Gasteiger partial charge in [-0.15, -0.1) is 6.58 Å². The van der Waals surface area contributed by atoms with E-state index in [1.54, 1.807) is 17.4 Å². The van der Waals surface area contributed by atoms with Gasteiger partial charge in [0, 0.05) is 12.6 Å². The van der Waals surface area contributed by atoms with Gasteiger partial charge in [-0.05, 0) is 29.3 Å². The summed E-state index contributed by atoms with van der Waals surface area (Å²) in [4.78, 5) is 11.3. The van der Waals surface area contributed by atoms with E-state index in [0.717, 1.165) is 0 Å². The Labute approximate surface area is 94.2 Å². The number of rotatable bonds is 6. The molecule has 0 radical (unpaired) electrons. The number of amides is 1. The molecule has 1 amide bonds. The summed E-state index contributed by atoms with van der Waals surface area (Å²) in [5, 5.41) is 9.99. The Balaban J connectivity index is 2.25. The van der Waals surface area contributed by atoms with Crippen LogP contribution in [0.1, 0.15) is 18.5 Å². The van der Waals surface area contributed by atoms with Crippen LogP contribution in [0.4, 0.5) is 0 Å². The van der Waals surface area contributed by atoms with Crippen LogP contribution < -0.4 is 10.6 Å². The number of hydrogen-bond acceptors (Lipinski definition) is 3. The van der Waals surface area contributed by atoms with Gasteiger partial charge in [0.1, 0.15) is 0 Å². The molecule has 3 nitrogen and oxygen atoms in total. The lowest BCUT2D eigenvalue weighted by atomic mass is 10.2. The van der Waals surface area contributed by atoms with Crippen molar-refractivity contribution >= 4 is 17.2 Å². The van der Waals surface area contributed by atoms with Crippen LogP contribution in [-0.4, -0.2) is 19.0 Å². The first-order chi connectivity index (χ1) is 7.24. The molecule has 1 aromatic heterocycles. The number of carbonyl (C=O) groups is 1. The molecule has 0 saturated heterocycles. The Morgan fingerprint density at radius 1 is 1.73 bits per heavy atom. The Bertz CT molecular complexity index is 308. The Morgan fingerprint density at radius 3 is 3.13 bits per heavy atom. The van der Waals surface area contributed by atoms with Crippen molar-refractivity contribution < 1.29 is 4.79 Å². The first-order valence-corrected chi connectivity index (χ1v) is 5.81. The van der Waals surface area contributed by atoms with Crippen molar-refractivity contribution in [3.05, 3.63) is 35.0 Å². The monoisotopic (exact) mass is 224 g/mol. The molecule has 0 aliphatic rings. The molecule has 0 saturated carbocycles. The lowest BCUT2D eigenvalue weighted by Crippen LogP contribution is -2.34. The molecule has 0 aliphatic carbocycles. The lowest BCUT2D eigenvalue weighted by Gasteiger charge is -2.11. The van der Waals surface area contributed by atoms with Crippen molar-refractivity contribution in [3.63, 3.8) is 0 Å². The third-order valence-electron chi connectivity index (χ3n) is 2.06. The van der Waals surface area contributed by atoms with Crippen LogP contribution >= 0.6 is 11.3 Å². The summed E-state index contributed by atoms with van der Waals surface area (Å²) in [7, 11) is 0. The van der Waals surface area contributed by atoms with E-state index in [4.69, 9.17) is 0 Å². The SMILES string of the molecule is C=CCNC(=O)CN[C@H](C)c1ccsc1. The van der Waals surface area contributed by atoms with Gasteiger partial charge in [-0.25, -0.2) is 0 Å². The zero-order valence-electron chi connectivity index (χ0n) is 8.82. The van der Waals surface area contributed by atoms with Crippen LogP contribution in [0.5, 0.6) is 0 Å². The zero-order chi connectivity index (χ0) is 11.1. The first-order valence-electron chi connectivity index (χ1n) is 4.87. The predicted octanol–water partition coefficient (Wildman–Crippen LogP) is 1.70. The van der Waals surface area contributed by atoms with Gasteiger partial charge in [0.2, 0.25) is 5.91 Å². The second kappa shape index (κ2) is 6.37. The van der Waals surface area contributed by atoms with E-state index in [0.29, 0.717) is 13.1 Å². The highest BCUT2D eigenvalue weighted by Gasteiger charge is 2.06. The van der Waals surface area contributed by atoms with Crippen molar-refractivity contribution in [2.45, 2.75) is 13.0 Å². The fourth-order valence-electron chi connectivity index (χ4n) is 1.13. The van der Waals surface area contributed by atoms with Crippen molar-refractivity contribution in [1.82, 2.24) is 10.6 Å². The lowest BCUT2D eigenvalue weighted by molar-refractivity contribution is -0.120. The smallest absolute Gasteiger partial charge is 0.234 e. The van der Waals surface area contributed by atoms with E-state index < -0.39 is 0 Å². The van der Waals surface area contributed by atoms with Gasteiger partial charge in [-0.3, -0.25) is 4.79 Å². The molecule has 0 bridgehead atoms. The van der Waals surface area contributed by atoms with E-state index in [2.05, 4.69) is 28.7 Å². The molecule has 0 unspecified atom stereocenters. The molecule has 0 aliphatic heterocycles. The van der Waals surface area contributed by atoms with E-state index in [-0.39, 0.29) is 11.9 Å². The van der Waals surface area contributed by atoms with E-state index in [9.17, 15) is 4.79 Å². The van der Waals surface area contributed by atoms with Gasteiger partial charge in [-0.2, -0.15) is 11.3 Å². The van der Waals surface area contributed by atoms with Crippen LogP contribution in [0.25, 0.3) is 0 Å². The summed E-state index contributed by atoms with van der Waals surface area (Å²) in [6.07, 6.45) is 1.67. The van der Waals surface area contributed by atoms with Crippen molar-refractivity contribution in [1.29, 1.82) is 0 Å². The van der Waals surface area contributed by atoms with Gasteiger partial charge in [0.25, 0.3) is 0 Å². The molecule has 15 heavy (non-hydrogen) atoms. The Morgan fingerprint density at radius 2 is 2.53 bits per heavy atom. The maximum absolute atomic E-state index is 11.3. The molecule has 1 rings (SSSR count). The number of hydrogen-bond donors (Lipinski definition) is 2. The van der Waals surface area contributed by atoms with Crippen molar-refractivity contribution in [3.8, 4) is 0 Å². The first kappa shape index (κ1) is 11.9. The maximum Gasteiger partial charge on any atom is 0.234 e. The van der Waals surface area contributed by atoms with Gasteiger partial charge >= 0.3 is 0 Å². The highest BCUT2D eigenvalue weighted by molar-refractivity contribution is 7.07. The van der Waals surface area contributed by atoms with Crippen LogP contribution in [0.15, 0.2) is 29.5 Å². The standard InChI is InChI=1S/C11H16N2OS/c1-3-5-12-11(14)7-13-9(2)10-4-6-15-8-10/h3-4,6,8-9,13H,1,5,7H2,2H3,(H,12,14)/t9-/m1/s1. The van der Waals surface area contributed by atoms with Crippen LogP contribution in [0.3, 0.4) is 0 Å². The number of thiophene rings is 1. The summed E-state index contributed by atoms with van der Waals surface area (Å²) < 4.78 is 0. The average Bonchev–Trinajstić information content (AvgIpc) is 2.76. The number of carbonyl (C=O) groups excluding carboxylic acids is 1. The summed E-state index contributed by atoms with van der Waals surface area (Å²) in [5.41, 5.74) is 1.22. The predicted molar refractivity (Wildman–Crippen MR) is 63.9 cm³/mol. The molecule has 0 aromatic carbocycles. The highest BCUT2D eigenvalue weighted by Crippen LogP contribution is 2.14. The van der Waals surface area contributed by atoms with Crippen molar-refractivity contribution in [2.24, 2.45) is 0 Å². The quantitative estimate of drug-likeness (QED) is 0.722. The van der Waals surface area contributed by atoms with E-state index in [1.165, 1.54) is 5.56 Å². The van der Waals surface area contributed by atoms with Gasteiger partial charge in [-0.1, -0.05) is 6.08 Å². The minimum Gasteiger partial charge on any atom is -0.352 e. The fraction of sp³-hybridized carbons (Fsp3) is 0.364. The summed E-state index contributed by atoms with van der Waals surface area (Å²) >= 11 is 1.66. The molecule has 2 N–H and O–H groups in total. The average molecular weight is 224 g/mol. The molecule has 4 heteroatoms. The van der Waals surface area contributed by atoms with Gasteiger partial charge < -0.3 is 10.6 Å². The second-order valence-corrected chi connectivity index (χ2v) is 4.03. The van der Waals surface area contributed by atoms with Crippen LogP contribution in [-0.2, 0) is 4.79 Å². The molecule has 0 fully saturated rings. The van der Waals surface area contributed by atoms with E-state index in [1.807, 2.05) is 12.3 Å². The summed E-state index contributed by atoms with van der Waals surface area (Å²) in [5.74, 6) is -0.00280. The summed E-state index contributed by atoms with van der Waals surface area (Å²) in [6.45, 7) is 6.44. The largest absolute Gasteiger partial charge is 0.352 e. The molecule has 1 atom stereocenters.